The Morgan fingerprint density at radius 3 is 2.65 bits per heavy atom. The molecule has 5 aromatic rings. The minimum atomic E-state index is -0.433. The van der Waals surface area contributed by atoms with Crippen LogP contribution in [0.2, 0.25) is 0 Å². The Labute approximate surface area is 177 Å². The molecule has 31 heavy (non-hydrogen) atoms. The Balaban J connectivity index is 1.86. The molecule has 0 bridgehead atoms. The van der Waals surface area contributed by atoms with Gasteiger partial charge >= 0.3 is 0 Å². The molecular formula is C25H18N4O2. The fourth-order valence-electron chi connectivity index (χ4n) is 3.98. The minimum absolute atomic E-state index is 0.0352. The molecule has 6 heteroatoms. The summed E-state index contributed by atoms with van der Waals surface area (Å²) >= 11 is 0. The van der Waals surface area contributed by atoms with Gasteiger partial charge in [0, 0.05) is 30.2 Å². The number of pyridine rings is 1. The number of imidazole rings is 1. The number of hydrogen-bond donors (Lipinski definition) is 0. The van der Waals surface area contributed by atoms with Crippen LogP contribution in [0.25, 0.3) is 38.6 Å². The summed E-state index contributed by atoms with van der Waals surface area (Å²) in [5.74, 6) is 0. The van der Waals surface area contributed by atoms with Crippen molar-refractivity contribution in [2.45, 2.75) is 0 Å². The first-order valence-corrected chi connectivity index (χ1v) is 9.84. The Bertz CT molecular complexity index is 1610. The van der Waals surface area contributed by atoms with E-state index in [0.717, 1.165) is 11.1 Å². The van der Waals surface area contributed by atoms with Gasteiger partial charge in [-0.2, -0.15) is 5.26 Å². The van der Waals surface area contributed by atoms with E-state index in [1.807, 2.05) is 66.8 Å². The van der Waals surface area contributed by atoms with E-state index in [9.17, 15) is 10.1 Å². The third kappa shape index (κ3) is 2.79. The third-order valence-corrected chi connectivity index (χ3v) is 5.38. The molecule has 0 amide bonds. The number of para-hydroxylation sites is 2. The van der Waals surface area contributed by atoms with Crippen LogP contribution in [0.5, 0.6) is 0 Å². The molecule has 0 saturated carbocycles. The quantitative estimate of drug-likeness (QED) is 0.310. The van der Waals surface area contributed by atoms with Crippen LogP contribution in [-0.2, 0) is 0 Å². The van der Waals surface area contributed by atoms with Gasteiger partial charge in [0.2, 0.25) is 0 Å². The van der Waals surface area contributed by atoms with Gasteiger partial charge < -0.3 is 9.32 Å². The summed E-state index contributed by atoms with van der Waals surface area (Å²) in [6, 6.07) is 17.2. The highest BCUT2D eigenvalue weighted by molar-refractivity contribution is 6.02. The van der Waals surface area contributed by atoms with Gasteiger partial charge in [-0.1, -0.05) is 24.3 Å². The maximum Gasteiger partial charge on any atom is 0.278 e. The normalized spacial score (nSPS) is 11.2. The summed E-state index contributed by atoms with van der Waals surface area (Å²) in [6.45, 7) is 8.93. The number of hydrogen-bond acceptors (Lipinski definition) is 5. The topological polar surface area (TPSA) is 74.5 Å². The van der Waals surface area contributed by atoms with Crippen LogP contribution in [0, 0.1) is 11.3 Å². The smallest absolute Gasteiger partial charge is 0.278 e. The van der Waals surface area contributed by atoms with Crippen molar-refractivity contribution in [3.05, 3.63) is 89.8 Å². The van der Waals surface area contributed by atoms with E-state index in [4.69, 9.17) is 4.42 Å². The van der Waals surface area contributed by atoms with E-state index < -0.39 is 5.56 Å². The van der Waals surface area contributed by atoms with Crippen molar-refractivity contribution in [2.75, 3.05) is 18.0 Å². The molecule has 6 nitrogen and oxygen atoms in total. The van der Waals surface area contributed by atoms with Crippen LogP contribution in [0.1, 0.15) is 5.56 Å². The van der Waals surface area contributed by atoms with Crippen molar-refractivity contribution < 1.29 is 4.42 Å². The number of rotatable bonds is 5. The van der Waals surface area contributed by atoms with Crippen molar-refractivity contribution in [2.24, 2.45) is 0 Å². The maximum atomic E-state index is 13.1. The average molecular weight is 406 g/mol. The van der Waals surface area contributed by atoms with Crippen molar-refractivity contribution in [1.82, 2.24) is 9.38 Å². The van der Waals surface area contributed by atoms with Crippen LogP contribution in [-0.4, -0.2) is 22.5 Å². The largest absolute Gasteiger partial charge is 0.454 e. The lowest BCUT2D eigenvalue weighted by atomic mass is 10.1. The second-order valence-corrected chi connectivity index (χ2v) is 7.25. The van der Waals surface area contributed by atoms with Gasteiger partial charge in [0.15, 0.2) is 16.8 Å². The van der Waals surface area contributed by atoms with Crippen LogP contribution >= 0.6 is 0 Å². The Morgan fingerprint density at radius 1 is 1.13 bits per heavy atom. The summed E-state index contributed by atoms with van der Waals surface area (Å²) < 4.78 is 7.63. The number of benzene rings is 2. The number of anilines is 1. The van der Waals surface area contributed by atoms with Gasteiger partial charge in [-0.25, -0.2) is 4.98 Å². The molecule has 2 aromatic carbocycles. The molecule has 150 valence electrons. The van der Waals surface area contributed by atoms with Crippen LogP contribution in [0.15, 0.2) is 83.1 Å². The highest BCUT2D eigenvalue weighted by atomic mass is 16.3. The third-order valence-electron chi connectivity index (χ3n) is 5.38. The molecule has 0 N–H and O–H groups in total. The van der Waals surface area contributed by atoms with Gasteiger partial charge in [-0.05, 0) is 30.3 Å². The molecule has 0 aliphatic carbocycles. The zero-order valence-electron chi connectivity index (χ0n) is 16.7. The van der Waals surface area contributed by atoms with Crippen LogP contribution < -0.4 is 10.5 Å². The monoisotopic (exact) mass is 406 g/mol. The summed E-state index contributed by atoms with van der Waals surface area (Å²) in [6.07, 6.45) is 3.64. The molecule has 0 spiro atoms. The predicted octanol–water partition coefficient (Wildman–Crippen LogP) is 4.80. The molecule has 3 heterocycles. The first-order chi connectivity index (χ1) is 15.2. The summed E-state index contributed by atoms with van der Waals surface area (Å²) in [5, 5.41) is 11.2. The minimum Gasteiger partial charge on any atom is -0.454 e. The van der Waals surface area contributed by atoms with Gasteiger partial charge in [0.05, 0.1) is 16.4 Å². The Morgan fingerprint density at radius 2 is 1.90 bits per heavy atom. The summed E-state index contributed by atoms with van der Waals surface area (Å²) in [5.41, 5.74) is 3.14. The molecule has 0 unspecified atom stereocenters. The fourth-order valence-corrected chi connectivity index (χ4v) is 3.98. The summed E-state index contributed by atoms with van der Waals surface area (Å²) in [4.78, 5) is 19.9. The van der Waals surface area contributed by atoms with Crippen molar-refractivity contribution >= 4 is 44.3 Å². The zero-order chi connectivity index (χ0) is 21.5. The molecular weight excluding hydrogens is 388 g/mol. The average Bonchev–Trinajstić information content (AvgIpc) is 3.18. The maximum absolute atomic E-state index is 13.1. The lowest BCUT2D eigenvalue weighted by Crippen LogP contribution is -2.22. The zero-order valence-corrected chi connectivity index (χ0v) is 16.7. The van der Waals surface area contributed by atoms with E-state index in [1.54, 1.807) is 0 Å². The van der Waals surface area contributed by atoms with Gasteiger partial charge in [0.1, 0.15) is 11.7 Å². The highest BCUT2D eigenvalue weighted by Gasteiger charge is 2.19. The second kappa shape index (κ2) is 7.15. The Hall–Kier alpha value is -4.37. The van der Waals surface area contributed by atoms with E-state index in [0.29, 0.717) is 40.7 Å². The molecule has 0 radical (unpaired) electrons. The number of nitrogens with zero attached hydrogens (tertiary/aromatic N) is 4. The highest BCUT2D eigenvalue weighted by Crippen LogP contribution is 2.31. The predicted molar refractivity (Wildman–Crippen MR) is 124 cm³/mol. The number of fused-ring (bicyclic) bond motifs is 6. The first-order valence-electron chi connectivity index (χ1n) is 9.84. The van der Waals surface area contributed by atoms with Crippen molar-refractivity contribution in [1.29, 1.82) is 5.26 Å². The SMILES string of the molecule is C=CCN(CC=C)c1ccc2cc3c(oc2c1)c(C#N)c(=O)n1c2ccccc2nc31. The lowest BCUT2D eigenvalue weighted by Gasteiger charge is -2.21. The van der Waals surface area contributed by atoms with Crippen molar-refractivity contribution in [3.63, 3.8) is 0 Å². The molecule has 3 aromatic heterocycles. The molecule has 0 atom stereocenters. The van der Waals surface area contributed by atoms with Crippen molar-refractivity contribution in [3.8, 4) is 6.07 Å². The molecule has 5 rings (SSSR count). The van der Waals surface area contributed by atoms with E-state index in [-0.39, 0.29) is 11.1 Å². The van der Waals surface area contributed by atoms with E-state index >= 15 is 0 Å². The van der Waals surface area contributed by atoms with Gasteiger partial charge in [0.25, 0.3) is 5.56 Å². The van der Waals surface area contributed by atoms with Gasteiger partial charge in [-0.15, -0.1) is 13.2 Å². The standard InChI is InChI=1S/C25H18N4O2/c1-3-11-28(12-4-2)17-10-9-16-13-18-23(31-22(16)14-17)19(15-26)25(30)29-21-8-6-5-7-20(21)27-24(18)29/h3-10,13-14H,1-2,11-12H2. The fraction of sp³-hybridized carbons (Fsp3) is 0.0800. The van der Waals surface area contributed by atoms with Gasteiger partial charge in [-0.3, -0.25) is 9.20 Å². The second-order valence-electron chi connectivity index (χ2n) is 7.25. The van der Waals surface area contributed by atoms with E-state index in [1.165, 1.54) is 4.40 Å². The molecule has 0 aliphatic heterocycles. The Kier molecular flexibility index (Phi) is 4.30. The lowest BCUT2D eigenvalue weighted by molar-refractivity contribution is 0.658. The molecule has 0 fully saturated rings. The van der Waals surface area contributed by atoms with E-state index in [2.05, 4.69) is 23.0 Å². The van der Waals surface area contributed by atoms with Crippen LogP contribution in [0.4, 0.5) is 5.69 Å². The molecule has 0 saturated heterocycles. The number of nitriles is 1. The number of aromatic nitrogens is 2. The van der Waals surface area contributed by atoms with Crippen LogP contribution in [0.3, 0.4) is 0 Å². The first kappa shape index (κ1) is 18.6. The molecule has 0 aliphatic rings. The summed E-state index contributed by atoms with van der Waals surface area (Å²) in [7, 11) is 0.